The lowest BCUT2D eigenvalue weighted by Crippen LogP contribution is -2.29. The number of rotatable bonds is 4. The van der Waals surface area contributed by atoms with Gasteiger partial charge in [-0.05, 0) is 32.0 Å². The standard InChI is InChI=1S/C11H16N2O/c1-12-10(11(8-14)5-6-11)9-4-2-3-7-13-9/h2-4,7,10,12,14H,5-6,8H2,1H3. The molecule has 1 atom stereocenters. The molecule has 0 amide bonds. The molecule has 0 spiro atoms. The zero-order chi connectivity index (χ0) is 10.0. The molecular formula is C11H16N2O. The molecule has 76 valence electrons. The van der Waals surface area contributed by atoms with E-state index in [9.17, 15) is 5.11 Å². The summed E-state index contributed by atoms with van der Waals surface area (Å²) in [6.45, 7) is 0.245. The molecule has 14 heavy (non-hydrogen) atoms. The number of pyridine rings is 1. The Morgan fingerprint density at radius 3 is 2.79 bits per heavy atom. The summed E-state index contributed by atoms with van der Waals surface area (Å²) in [6, 6.07) is 6.10. The van der Waals surface area contributed by atoms with E-state index in [1.54, 1.807) is 6.20 Å². The first-order valence-corrected chi connectivity index (χ1v) is 5.01. The highest BCUT2D eigenvalue weighted by Gasteiger charge is 2.49. The van der Waals surface area contributed by atoms with E-state index in [-0.39, 0.29) is 18.1 Å². The summed E-state index contributed by atoms with van der Waals surface area (Å²) >= 11 is 0. The third kappa shape index (κ3) is 1.53. The molecule has 0 radical (unpaired) electrons. The maximum atomic E-state index is 9.35. The number of aromatic nitrogens is 1. The summed E-state index contributed by atoms with van der Waals surface area (Å²) in [5.74, 6) is 0. The van der Waals surface area contributed by atoms with Crippen LogP contribution in [0.5, 0.6) is 0 Å². The Bertz CT molecular complexity index is 295. The zero-order valence-corrected chi connectivity index (χ0v) is 8.40. The van der Waals surface area contributed by atoms with Gasteiger partial charge in [-0.1, -0.05) is 6.07 Å². The Labute approximate surface area is 84.2 Å². The Morgan fingerprint density at radius 2 is 2.36 bits per heavy atom. The highest BCUT2D eigenvalue weighted by Crippen LogP contribution is 2.53. The summed E-state index contributed by atoms with van der Waals surface area (Å²) in [5.41, 5.74) is 1.07. The highest BCUT2D eigenvalue weighted by atomic mass is 16.3. The van der Waals surface area contributed by atoms with Gasteiger partial charge in [-0.3, -0.25) is 4.98 Å². The Morgan fingerprint density at radius 1 is 1.57 bits per heavy atom. The van der Waals surface area contributed by atoms with E-state index in [0.29, 0.717) is 0 Å². The second-order valence-corrected chi connectivity index (χ2v) is 4.00. The molecule has 1 aliphatic rings. The van der Waals surface area contributed by atoms with Crippen LogP contribution in [0.15, 0.2) is 24.4 Å². The van der Waals surface area contributed by atoms with Gasteiger partial charge in [-0.25, -0.2) is 0 Å². The van der Waals surface area contributed by atoms with Crippen LogP contribution < -0.4 is 5.32 Å². The van der Waals surface area contributed by atoms with E-state index in [4.69, 9.17) is 0 Å². The molecular weight excluding hydrogens is 176 g/mol. The zero-order valence-electron chi connectivity index (χ0n) is 8.40. The molecule has 2 rings (SSSR count). The first kappa shape index (κ1) is 9.62. The maximum Gasteiger partial charge on any atom is 0.0579 e. The fourth-order valence-electron chi connectivity index (χ4n) is 2.01. The van der Waals surface area contributed by atoms with Crippen molar-refractivity contribution in [3.8, 4) is 0 Å². The van der Waals surface area contributed by atoms with E-state index in [0.717, 1.165) is 18.5 Å². The Kier molecular flexibility index (Phi) is 2.52. The van der Waals surface area contributed by atoms with Crippen molar-refractivity contribution >= 4 is 0 Å². The Hall–Kier alpha value is -0.930. The summed E-state index contributed by atoms with van der Waals surface area (Å²) in [7, 11) is 1.93. The minimum absolute atomic E-state index is 0.0447. The van der Waals surface area contributed by atoms with Crippen molar-refractivity contribution < 1.29 is 5.11 Å². The van der Waals surface area contributed by atoms with Crippen molar-refractivity contribution in [3.63, 3.8) is 0 Å². The largest absolute Gasteiger partial charge is 0.396 e. The van der Waals surface area contributed by atoms with Crippen LogP contribution in [0.3, 0.4) is 0 Å². The molecule has 2 N–H and O–H groups in total. The lowest BCUT2D eigenvalue weighted by molar-refractivity contribution is 0.173. The van der Waals surface area contributed by atoms with Crippen LogP contribution >= 0.6 is 0 Å². The Balaban J connectivity index is 2.22. The molecule has 0 aromatic carbocycles. The van der Waals surface area contributed by atoms with Crippen molar-refractivity contribution in [2.45, 2.75) is 18.9 Å². The van der Waals surface area contributed by atoms with Crippen molar-refractivity contribution in [2.75, 3.05) is 13.7 Å². The van der Waals surface area contributed by atoms with Crippen molar-refractivity contribution in [1.29, 1.82) is 0 Å². The van der Waals surface area contributed by atoms with Gasteiger partial charge < -0.3 is 10.4 Å². The van der Waals surface area contributed by atoms with Gasteiger partial charge >= 0.3 is 0 Å². The predicted octanol–water partition coefficient (Wildman–Crippen LogP) is 1.11. The van der Waals surface area contributed by atoms with Crippen LogP contribution in [0, 0.1) is 5.41 Å². The van der Waals surface area contributed by atoms with Gasteiger partial charge in [0.05, 0.1) is 18.3 Å². The molecule has 1 heterocycles. The van der Waals surface area contributed by atoms with Gasteiger partial charge in [-0.2, -0.15) is 0 Å². The van der Waals surface area contributed by atoms with Gasteiger partial charge in [-0.15, -0.1) is 0 Å². The third-order valence-corrected chi connectivity index (χ3v) is 3.09. The first-order valence-electron chi connectivity index (χ1n) is 5.01. The third-order valence-electron chi connectivity index (χ3n) is 3.09. The van der Waals surface area contributed by atoms with E-state index >= 15 is 0 Å². The number of nitrogens with zero attached hydrogens (tertiary/aromatic N) is 1. The number of hydrogen-bond donors (Lipinski definition) is 2. The average Bonchev–Trinajstić information content (AvgIpc) is 3.02. The van der Waals surface area contributed by atoms with Crippen LogP contribution in [0.25, 0.3) is 0 Å². The second-order valence-electron chi connectivity index (χ2n) is 4.00. The lowest BCUT2D eigenvalue weighted by Gasteiger charge is -2.24. The molecule has 1 unspecified atom stereocenters. The molecule has 0 saturated heterocycles. The van der Waals surface area contributed by atoms with Crippen molar-refractivity contribution in [1.82, 2.24) is 10.3 Å². The van der Waals surface area contributed by atoms with Crippen LogP contribution in [0.4, 0.5) is 0 Å². The normalized spacial score (nSPS) is 20.4. The van der Waals surface area contributed by atoms with Gasteiger partial charge in [0.2, 0.25) is 0 Å². The summed E-state index contributed by atoms with van der Waals surface area (Å²) in [4.78, 5) is 4.33. The molecule has 1 fully saturated rings. The molecule has 3 heteroatoms. The quantitative estimate of drug-likeness (QED) is 0.751. The number of aliphatic hydroxyl groups is 1. The van der Waals surface area contributed by atoms with Crippen molar-refractivity contribution in [3.05, 3.63) is 30.1 Å². The van der Waals surface area contributed by atoms with E-state index < -0.39 is 0 Å². The van der Waals surface area contributed by atoms with E-state index in [1.165, 1.54) is 0 Å². The molecule has 0 bridgehead atoms. The van der Waals surface area contributed by atoms with Crippen LogP contribution in [0.1, 0.15) is 24.6 Å². The SMILES string of the molecule is CNC(c1ccccn1)C1(CO)CC1. The minimum Gasteiger partial charge on any atom is -0.396 e. The molecule has 0 aliphatic heterocycles. The average molecular weight is 192 g/mol. The lowest BCUT2D eigenvalue weighted by atomic mass is 9.94. The summed E-state index contributed by atoms with van der Waals surface area (Å²) < 4.78 is 0. The number of hydrogen-bond acceptors (Lipinski definition) is 3. The molecule has 1 aromatic rings. The number of aliphatic hydroxyl groups excluding tert-OH is 1. The smallest absolute Gasteiger partial charge is 0.0579 e. The molecule has 1 aliphatic carbocycles. The second kappa shape index (κ2) is 3.67. The molecule has 1 saturated carbocycles. The van der Waals surface area contributed by atoms with Crippen LogP contribution in [-0.2, 0) is 0 Å². The minimum atomic E-state index is 0.0447. The van der Waals surface area contributed by atoms with Gasteiger partial charge in [0.15, 0.2) is 0 Å². The number of nitrogens with one attached hydrogen (secondary N) is 1. The van der Waals surface area contributed by atoms with Crippen LogP contribution in [0.2, 0.25) is 0 Å². The molecule has 1 aromatic heterocycles. The van der Waals surface area contributed by atoms with Gasteiger partial charge in [0, 0.05) is 11.6 Å². The summed E-state index contributed by atoms with van der Waals surface area (Å²) in [5, 5.41) is 12.6. The van der Waals surface area contributed by atoms with Gasteiger partial charge in [0.25, 0.3) is 0 Å². The van der Waals surface area contributed by atoms with E-state index in [2.05, 4.69) is 10.3 Å². The molecule has 3 nitrogen and oxygen atoms in total. The van der Waals surface area contributed by atoms with Crippen LogP contribution in [-0.4, -0.2) is 23.7 Å². The monoisotopic (exact) mass is 192 g/mol. The predicted molar refractivity (Wildman–Crippen MR) is 54.8 cm³/mol. The fourth-order valence-corrected chi connectivity index (χ4v) is 2.01. The highest BCUT2D eigenvalue weighted by molar-refractivity contribution is 5.16. The van der Waals surface area contributed by atoms with E-state index in [1.807, 2.05) is 25.2 Å². The van der Waals surface area contributed by atoms with Crippen molar-refractivity contribution in [2.24, 2.45) is 5.41 Å². The topological polar surface area (TPSA) is 45.2 Å². The maximum absolute atomic E-state index is 9.35. The van der Waals surface area contributed by atoms with Gasteiger partial charge in [0.1, 0.15) is 0 Å². The summed E-state index contributed by atoms with van der Waals surface area (Å²) in [6.07, 6.45) is 3.98. The first-order chi connectivity index (χ1) is 6.82. The fraction of sp³-hybridized carbons (Fsp3) is 0.545.